The van der Waals surface area contributed by atoms with Gasteiger partial charge in [0.1, 0.15) is 11.5 Å². The fourth-order valence-electron chi connectivity index (χ4n) is 2.17. The van der Waals surface area contributed by atoms with E-state index in [0.717, 1.165) is 17.1 Å². The normalized spacial score (nSPS) is 12.0. The molecule has 1 unspecified atom stereocenters. The molecule has 0 fully saturated rings. The SMILES string of the molecule is COc1ccc(C(C)NCc2c(Cl)cccc2OC)cc1. The predicted molar refractivity (Wildman–Crippen MR) is 86.3 cm³/mol. The van der Waals surface area contributed by atoms with Crippen molar-refractivity contribution in [2.45, 2.75) is 19.5 Å². The van der Waals surface area contributed by atoms with Crippen LogP contribution < -0.4 is 14.8 Å². The van der Waals surface area contributed by atoms with E-state index in [2.05, 4.69) is 24.4 Å². The highest BCUT2D eigenvalue weighted by Crippen LogP contribution is 2.27. The molecule has 0 radical (unpaired) electrons. The van der Waals surface area contributed by atoms with Crippen LogP contribution in [0.3, 0.4) is 0 Å². The minimum Gasteiger partial charge on any atom is -0.497 e. The number of halogens is 1. The third-order valence-corrected chi connectivity index (χ3v) is 3.85. The van der Waals surface area contributed by atoms with E-state index in [1.807, 2.05) is 30.3 Å². The van der Waals surface area contributed by atoms with Crippen LogP contribution in [0.2, 0.25) is 5.02 Å². The largest absolute Gasteiger partial charge is 0.497 e. The van der Waals surface area contributed by atoms with Gasteiger partial charge in [0.15, 0.2) is 0 Å². The Kier molecular flexibility index (Phi) is 5.48. The maximum atomic E-state index is 6.24. The maximum absolute atomic E-state index is 6.24. The molecule has 2 aromatic rings. The molecule has 0 saturated carbocycles. The smallest absolute Gasteiger partial charge is 0.124 e. The highest BCUT2D eigenvalue weighted by atomic mass is 35.5. The van der Waals surface area contributed by atoms with E-state index in [0.29, 0.717) is 11.6 Å². The average molecular weight is 306 g/mol. The van der Waals surface area contributed by atoms with Gasteiger partial charge in [-0.25, -0.2) is 0 Å². The molecule has 0 aromatic heterocycles. The van der Waals surface area contributed by atoms with Gasteiger partial charge >= 0.3 is 0 Å². The summed E-state index contributed by atoms with van der Waals surface area (Å²) in [6, 6.07) is 13.9. The van der Waals surface area contributed by atoms with Crippen LogP contribution in [0.4, 0.5) is 0 Å². The number of rotatable bonds is 6. The molecular weight excluding hydrogens is 286 g/mol. The van der Waals surface area contributed by atoms with Gasteiger partial charge < -0.3 is 14.8 Å². The van der Waals surface area contributed by atoms with Crippen LogP contribution >= 0.6 is 11.6 Å². The summed E-state index contributed by atoms with van der Waals surface area (Å²) in [6.07, 6.45) is 0. The van der Waals surface area contributed by atoms with Crippen LogP contribution in [-0.4, -0.2) is 14.2 Å². The van der Waals surface area contributed by atoms with Crippen LogP contribution in [0.5, 0.6) is 11.5 Å². The lowest BCUT2D eigenvalue weighted by molar-refractivity contribution is 0.406. The van der Waals surface area contributed by atoms with E-state index in [1.54, 1.807) is 14.2 Å². The number of nitrogens with one attached hydrogen (secondary N) is 1. The molecule has 0 aliphatic rings. The summed E-state index contributed by atoms with van der Waals surface area (Å²) >= 11 is 6.24. The highest BCUT2D eigenvalue weighted by molar-refractivity contribution is 6.31. The average Bonchev–Trinajstić information content (AvgIpc) is 2.53. The number of methoxy groups -OCH3 is 2. The lowest BCUT2D eigenvalue weighted by atomic mass is 10.1. The van der Waals surface area contributed by atoms with Crippen LogP contribution in [0.15, 0.2) is 42.5 Å². The minimum absolute atomic E-state index is 0.205. The molecule has 1 N–H and O–H groups in total. The van der Waals surface area contributed by atoms with Gasteiger partial charge in [-0.1, -0.05) is 29.8 Å². The molecule has 0 saturated heterocycles. The Labute approximate surface area is 130 Å². The van der Waals surface area contributed by atoms with E-state index in [-0.39, 0.29) is 6.04 Å². The lowest BCUT2D eigenvalue weighted by Gasteiger charge is -2.17. The second kappa shape index (κ2) is 7.34. The summed E-state index contributed by atoms with van der Waals surface area (Å²) in [5.74, 6) is 1.66. The third kappa shape index (κ3) is 3.90. The van der Waals surface area contributed by atoms with Crippen molar-refractivity contribution in [2.75, 3.05) is 14.2 Å². The minimum atomic E-state index is 0.205. The molecule has 2 aromatic carbocycles. The van der Waals surface area contributed by atoms with Crippen LogP contribution in [0.25, 0.3) is 0 Å². The Morgan fingerprint density at radius 1 is 1.05 bits per heavy atom. The van der Waals surface area contributed by atoms with Gasteiger partial charge in [-0.3, -0.25) is 0 Å². The fraction of sp³-hybridized carbons (Fsp3) is 0.294. The number of hydrogen-bond acceptors (Lipinski definition) is 3. The molecule has 0 heterocycles. The summed E-state index contributed by atoms with van der Waals surface area (Å²) in [5, 5.41) is 4.17. The zero-order valence-corrected chi connectivity index (χ0v) is 13.3. The molecule has 3 nitrogen and oxygen atoms in total. The van der Waals surface area contributed by atoms with Gasteiger partial charge in [0.2, 0.25) is 0 Å². The first-order valence-corrected chi connectivity index (χ1v) is 7.22. The number of hydrogen-bond donors (Lipinski definition) is 1. The Bertz CT molecular complexity index is 584. The van der Waals surface area contributed by atoms with Crippen LogP contribution in [0.1, 0.15) is 24.1 Å². The molecule has 0 spiro atoms. The quantitative estimate of drug-likeness (QED) is 0.867. The van der Waals surface area contributed by atoms with E-state index in [1.165, 1.54) is 5.56 Å². The Hall–Kier alpha value is -1.71. The molecule has 2 rings (SSSR count). The molecule has 0 amide bonds. The monoisotopic (exact) mass is 305 g/mol. The fourth-order valence-corrected chi connectivity index (χ4v) is 2.40. The van der Waals surface area contributed by atoms with E-state index < -0.39 is 0 Å². The molecule has 1 atom stereocenters. The Morgan fingerprint density at radius 3 is 2.38 bits per heavy atom. The Morgan fingerprint density at radius 2 is 1.76 bits per heavy atom. The first-order chi connectivity index (χ1) is 10.2. The van der Waals surface area contributed by atoms with Crippen molar-refractivity contribution in [1.29, 1.82) is 0 Å². The van der Waals surface area contributed by atoms with Crippen LogP contribution in [0, 0.1) is 0 Å². The topological polar surface area (TPSA) is 30.5 Å². The zero-order valence-electron chi connectivity index (χ0n) is 12.5. The van der Waals surface area contributed by atoms with Gasteiger partial charge in [-0.15, -0.1) is 0 Å². The van der Waals surface area contributed by atoms with Gasteiger partial charge in [0.25, 0.3) is 0 Å². The van der Waals surface area contributed by atoms with Crippen LogP contribution in [-0.2, 0) is 6.54 Å². The molecule has 0 bridgehead atoms. The lowest BCUT2D eigenvalue weighted by Crippen LogP contribution is -2.18. The molecule has 0 aliphatic heterocycles. The maximum Gasteiger partial charge on any atom is 0.124 e. The summed E-state index contributed by atoms with van der Waals surface area (Å²) < 4.78 is 10.5. The van der Waals surface area contributed by atoms with E-state index in [9.17, 15) is 0 Å². The molecule has 112 valence electrons. The van der Waals surface area contributed by atoms with Crippen molar-refractivity contribution in [1.82, 2.24) is 5.32 Å². The van der Waals surface area contributed by atoms with E-state index in [4.69, 9.17) is 21.1 Å². The van der Waals surface area contributed by atoms with Crippen molar-refractivity contribution in [3.8, 4) is 11.5 Å². The summed E-state index contributed by atoms with van der Waals surface area (Å²) in [7, 11) is 3.32. The molecule has 21 heavy (non-hydrogen) atoms. The molecule has 0 aliphatic carbocycles. The van der Waals surface area contributed by atoms with Gasteiger partial charge in [0.05, 0.1) is 14.2 Å². The van der Waals surface area contributed by atoms with Crippen molar-refractivity contribution in [3.05, 3.63) is 58.6 Å². The van der Waals surface area contributed by atoms with Gasteiger partial charge in [-0.05, 0) is 36.8 Å². The van der Waals surface area contributed by atoms with E-state index >= 15 is 0 Å². The summed E-state index contributed by atoms with van der Waals surface area (Å²) in [4.78, 5) is 0. The van der Waals surface area contributed by atoms with Crippen molar-refractivity contribution < 1.29 is 9.47 Å². The zero-order chi connectivity index (χ0) is 15.2. The van der Waals surface area contributed by atoms with Crippen molar-refractivity contribution >= 4 is 11.6 Å². The summed E-state index contributed by atoms with van der Waals surface area (Å²) in [6.45, 7) is 2.77. The standard InChI is InChI=1S/C17H20ClNO2/c1-12(13-7-9-14(20-2)10-8-13)19-11-15-16(18)5-4-6-17(15)21-3/h4-10,12,19H,11H2,1-3H3. The third-order valence-electron chi connectivity index (χ3n) is 3.50. The molecular formula is C17H20ClNO2. The van der Waals surface area contributed by atoms with Crippen molar-refractivity contribution in [2.24, 2.45) is 0 Å². The van der Waals surface area contributed by atoms with Crippen molar-refractivity contribution in [3.63, 3.8) is 0 Å². The Balaban J connectivity index is 2.05. The predicted octanol–water partition coefficient (Wildman–Crippen LogP) is 4.21. The van der Waals surface area contributed by atoms with Gasteiger partial charge in [0, 0.05) is 23.2 Å². The number of benzene rings is 2. The summed E-state index contributed by atoms with van der Waals surface area (Å²) in [5.41, 5.74) is 2.17. The highest BCUT2D eigenvalue weighted by Gasteiger charge is 2.10. The first kappa shape index (κ1) is 15.7. The first-order valence-electron chi connectivity index (χ1n) is 6.84. The van der Waals surface area contributed by atoms with Gasteiger partial charge in [-0.2, -0.15) is 0 Å². The second-order valence-electron chi connectivity index (χ2n) is 4.80. The molecule has 4 heteroatoms. The second-order valence-corrected chi connectivity index (χ2v) is 5.20. The number of ether oxygens (including phenoxy) is 2.